The fourth-order valence-corrected chi connectivity index (χ4v) is 2.65. The van der Waals surface area contributed by atoms with Crippen LogP contribution < -0.4 is 5.32 Å². The van der Waals surface area contributed by atoms with Gasteiger partial charge in [0.05, 0.1) is 5.54 Å². The van der Waals surface area contributed by atoms with E-state index in [1.54, 1.807) is 55.5 Å². The summed E-state index contributed by atoms with van der Waals surface area (Å²) in [6.07, 6.45) is -2.36. The molecule has 116 valence electrons. The molecule has 0 aliphatic rings. The van der Waals surface area contributed by atoms with E-state index >= 15 is 0 Å². The van der Waals surface area contributed by atoms with Gasteiger partial charge in [-0.05, 0) is 42.3 Å². The highest BCUT2D eigenvalue weighted by Crippen LogP contribution is 2.36. The molecule has 0 aliphatic heterocycles. The van der Waals surface area contributed by atoms with Crippen molar-refractivity contribution in [3.8, 4) is 0 Å². The van der Waals surface area contributed by atoms with Crippen LogP contribution in [0.25, 0.3) is 0 Å². The predicted molar refractivity (Wildman–Crippen MR) is 86.4 cm³/mol. The van der Waals surface area contributed by atoms with Crippen molar-refractivity contribution >= 4 is 29.3 Å². The van der Waals surface area contributed by atoms with Gasteiger partial charge >= 0.3 is 6.09 Å². The van der Waals surface area contributed by atoms with Crippen molar-refractivity contribution in [2.75, 3.05) is 0 Å². The van der Waals surface area contributed by atoms with Crippen LogP contribution in [0.3, 0.4) is 0 Å². The molecule has 0 saturated carbocycles. The maximum atomic E-state index is 11.2. The van der Waals surface area contributed by atoms with Crippen LogP contribution in [0.4, 0.5) is 4.79 Å². The first-order valence-electron chi connectivity index (χ1n) is 6.53. The number of aliphatic hydroxyl groups excluding tert-OH is 1. The first-order valence-corrected chi connectivity index (χ1v) is 7.29. The Hall–Kier alpha value is -1.75. The summed E-state index contributed by atoms with van der Waals surface area (Å²) in [7, 11) is 0. The van der Waals surface area contributed by atoms with Gasteiger partial charge in [0.25, 0.3) is 0 Å². The molecule has 22 heavy (non-hydrogen) atoms. The summed E-state index contributed by atoms with van der Waals surface area (Å²) in [5, 5.41) is 23.2. The van der Waals surface area contributed by atoms with Crippen molar-refractivity contribution in [2.45, 2.75) is 18.6 Å². The summed E-state index contributed by atoms with van der Waals surface area (Å²) in [6.45, 7) is 1.61. The number of benzene rings is 2. The van der Waals surface area contributed by atoms with E-state index in [-0.39, 0.29) is 0 Å². The second kappa shape index (κ2) is 6.57. The molecule has 4 nitrogen and oxygen atoms in total. The van der Waals surface area contributed by atoms with Crippen LogP contribution in [-0.2, 0) is 5.54 Å². The van der Waals surface area contributed by atoms with Crippen LogP contribution in [0.15, 0.2) is 48.5 Å². The summed E-state index contributed by atoms with van der Waals surface area (Å²) in [5.74, 6) is 0. The highest BCUT2D eigenvalue weighted by Gasteiger charge is 2.37. The number of nitrogens with one attached hydrogen (secondary N) is 1. The molecule has 0 saturated heterocycles. The van der Waals surface area contributed by atoms with Crippen molar-refractivity contribution < 1.29 is 15.0 Å². The van der Waals surface area contributed by atoms with Gasteiger partial charge in [-0.3, -0.25) is 0 Å². The Balaban J connectivity index is 2.48. The zero-order valence-electron chi connectivity index (χ0n) is 11.8. The Morgan fingerprint density at radius 2 is 1.77 bits per heavy atom. The van der Waals surface area contributed by atoms with Crippen molar-refractivity contribution in [1.29, 1.82) is 0 Å². The van der Waals surface area contributed by atoms with Crippen molar-refractivity contribution in [3.05, 3.63) is 69.7 Å². The van der Waals surface area contributed by atoms with Crippen molar-refractivity contribution in [1.82, 2.24) is 5.32 Å². The summed E-state index contributed by atoms with van der Waals surface area (Å²) in [4.78, 5) is 11.2. The molecule has 0 radical (unpaired) electrons. The molecule has 2 rings (SSSR count). The molecular formula is C16H15Cl2NO3. The van der Waals surface area contributed by atoms with E-state index in [0.717, 1.165) is 0 Å². The lowest BCUT2D eigenvalue weighted by molar-refractivity contribution is 0.0658. The van der Waals surface area contributed by atoms with Gasteiger partial charge in [-0.2, -0.15) is 0 Å². The SMILES string of the molecule is C[C@@](NC(=O)O)(c1ccc(Cl)cc1)[C@H](O)c1cccc(Cl)c1. The van der Waals surface area contributed by atoms with Crippen LogP contribution in [0.1, 0.15) is 24.2 Å². The maximum Gasteiger partial charge on any atom is 0.405 e. The van der Waals surface area contributed by atoms with Gasteiger partial charge in [0.1, 0.15) is 6.10 Å². The largest absolute Gasteiger partial charge is 0.465 e. The molecule has 0 spiro atoms. The molecule has 1 amide bonds. The van der Waals surface area contributed by atoms with Crippen LogP contribution in [0.2, 0.25) is 10.0 Å². The van der Waals surface area contributed by atoms with Gasteiger partial charge in [-0.15, -0.1) is 0 Å². The molecule has 0 aromatic heterocycles. The van der Waals surface area contributed by atoms with Gasteiger partial charge in [0.2, 0.25) is 0 Å². The molecule has 3 N–H and O–H groups in total. The molecule has 0 unspecified atom stereocenters. The lowest BCUT2D eigenvalue weighted by Crippen LogP contribution is -2.47. The number of hydrogen-bond acceptors (Lipinski definition) is 2. The van der Waals surface area contributed by atoms with Gasteiger partial charge in [0, 0.05) is 10.0 Å². The van der Waals surface area contributed by atoms with Gasteiger partial charge in [-0.1, -0.05) is 47.5 Å². The van der Waals surface area contributed by atoms with Crippen LogP contribution in [-0.4, -0.2) is 16.3 Å². The Morgan fingerprint density at radius 1 is 1.14 bits per heavy atom. The van der Waals surface area contributed by atoms with Gasteiger partial charge < -0.3 is 15.5 Å². The van der Waals surface area contributed by atoms with Crippen LogP contribution in [0, 0.1) is 0 Å². The number of rotatable bonds is 4. The van der Waals surface area contributed by atoms with E-state index in [1.165, 1.54) is 0 Å². The summed E-state index contributed by atoms with van der Waals surface area (Å²) < 4.78 is 0. The van der Waals surface area contributed by atoms with Crippen molar-refractivity contribution in [2.24, 2.45) is 0 Å². The third-order valence-electron chi connectivity index (χ3n) is 3.52. The average Bonchev–Trinajstić information content (AvgIpc) is 2.46. The third kappa shape index (κ3) is 3.53. The Morgan fingerprint density at radius 3 is 2.32 bits per heavy atom. The minimum Gasteiger partial charge on any atom is -0.465 e. The molecule has 2 aromatic rings. The lowest BCUT2D eigenvalue weighted by Gasteiger charge is -2.35. The zero-order valence-corrected chi connectivity index (χ0v) is 13.3. The van der Waals surface area contributed by atoms with E-state index in [9.17, 15) is 9.90 Å². The average molecular weight is 340 g/mol. The summed E-state index contributed by atoms with van der Waals surface area (Å²) in [6, 6.07) is 13.3. The Kier molecular flexibility index (Phi) is 4.96. The Labute approximate surface area is 138 Å². The fraction of sp³-hybridized carbons (Fsp3) is 0.188. The van der Waals surface area contributed by atoms with E-state index in [2.05, 4.69) is 5.32 Å². The molecule has 6 heteroatoms. The fourth-order valence-electron chi connectivity index (χ4n) is 2.33. The molecule has 2 atom stereocenters. The standard InChI is InChI=1S/C16H15Cl2NO3/c1-16(19-15(21)22,11-5-7-12(17)8-6-11)14(20)10-3-2-4-13(18)9-10/h2-9,14,19-20H,1H3,(H,21,22)/t14-,16-/m1/s1. The predicted octanol–water partition coefficient (Wildman–Crippen LogP) is 4.21. The minimum absolute atomic E-state index is 0.463. The number of amides is 1. The second-order valence-corrected chi connectivity index (χ2v) is 5.97. The highest BCUT2D eigenvalue weighted by molar-refractivity contribution is 6.30. The van der Waals surface area contributed by atoms with Gasteiger partial charge in [-0.25, -0.2) is 4.79 Å². The smallest absolute Gasteiger partial charge is 0.405 e. The normalized spacial score (nSPS) is 14.9. The van der Waals surface area contributed by atoms with Crippen LogP contribution >= 0.6 is 23.2 Å². The van der Waals surface area contributed by atoms with E-state index in [1.807, 2.05) is 0 Å². The molecular weight excluding hydrogens is 325 g/mol. The quantitative estimate of drug-likeness (QED) is 0.781. The second-order valence-electron chi connectivity index (χ2n) is 5.10. The molecule has 0 bridgehead atoms. The zero-order chi connectivity index (χ0) is 16.3. The molecule has 0 aliphatic carbocycles. The van der Waals surface area contributed by atoms with E-state index in [4.69, 9.17) is 28.3 Å². The topological polar surface area (TPSA) is 69.6 Å². The summed E-state index contributed by atoms with van der Waals surface area (Å²) >= 11 is 11.8. The summed E-state index contributed by atoms with van der Waals surface area (Å²) in [5.41, 5.74) is -0.147. The van der Waals surface area contributed by atoms with Crippen LogP contribution in [0.5, 0.6) is 0 Å². The molecule has 2 aromatic carbocycles. The number of halogens is 2. The Bertz CT molecular complexity index is 675. The highest BCUT2D eigenvalue weighted by atomic mass is 35.5. The third-order valence-corrected chi connectivity index (χ3v) is 4.01. The number of carboxylic acid groups (broad SMARTS) is 1. The number of carbonyl (C=O) groups is 1. The maximum absolute atomic E-state index is 11.2. The molecule has 0 heterocycles. The van der Waals surface area contributed by atoms with Gasteiger partial charge in [0.15, 0.2) is 0 Å². The van der Waals surface area contributed by atoms with Crippen molar-refractivity contribution in [3.63, 3.8) is 0 Å². The first kappa shape index (κ1) is 16.6. The monoisotopic (exact) mass is 339 g/mol. The number of hydrogen-bond donors (Lipinski definition) is 3. The lowest BCUT2D eigenvalue weighted by atomic mass is 9.83. The minimum atomic E-state index is -1.25. The van der Waals surface area contributed by atoms with E-state index < -0.39 is 17.7 Å². The first-order chi connectivity index (χ1) is 10.3. The van der Waals surface area contributed by atoms with E-state index in [0.29, 0.717) is 21.2 Å². The number of aliphatic hydroxyl groups is 1. The molecule has 0 fully saturated rings.